The van der Waals surface area contributed by atoms with Gasteiger partial charge in [0.2, 0.25) is 0 Å². The van der Waals surface area contributed by atoms with Gasteiger partial charge >= 0.3 is 133 Å². The molecular formula is C16H17Cl2Sn+. The molecule has 0 aromatic heterocycles. The summed E-state index contributed by atoms with van der Waals surface area (Å²) in [6.07, 6.45) is 2.56. The van der Waals surface area contributed by atoms with Gasteiger partial charge in [0.1, 0.15) is 0 Å². The van der Waals surface area contributed by atoms with Gasteiger partial charge in [-0.25, -0.2) is 0 Å². The van der Waals surface area contributed by atoms with E-state index in [0.717, 1.165) is 10.0 Å². The van der Waals surface area contributed by atoms with E-state index in [1.165, 1.54) is 24.4 Å². The molecule has 0 fully saturated rings. The Bertz CT molecular complexity index is 460. The zero-order valence-corrected chi connectivity index (χ0v) is 15.4. The molecule has 0 amide bonds. The summed E-state index contributed by atoms with van der Waals surface area (Å²) in [4.78, 5) is 0. The molecule has 2 aromatic carbocycles. The molecular weight excluding hydrogens is 382 g/mol. The molecule has 0 spiro atoms. The summed E-state index contributed by atoms with van der Waals surface area (Å²) in [6.45, 7) is 2.25. The van der Waals surface area contributed by atoms with Crippen LogP contribution in [-0.4, -0.2) is 19.8 Å². The molecule has 0 N–H and O–H groups in total. The van der Waals surface area contributed by atoms with Gasteiger partial charge in [-0.05, 0) is 0 Å². The first-order valence-electron chi connectivity index (χ1n) is 6.58. The van der Waals surface area contributed by atoms with Gasteiger partial charge in [-0.1, -0.05) is 0 Å². The summed E-state index contributed by atoms with van der Waals surface area (Å²) in [7, 11) is 0. The van der Waals surface area contributed by atoms with Crippen LogP contribution in [0, 0.1) is 0 Å². The second kappa shape index (κ2) is 7.56. The predicted octanol–water partition coefficient (Wildman–Crippen LogP) is 4.40. The van der Waals surface area contributed by atoms with Crippen LogP contribution in [0.4, 0.5) is 0 Å². The maximum absolute atomic E-state index is 5.99. The van der Waals surface area contributed by atoms with Crippen LogP contribution < -0.4 is 7.16 Å². The van der Waals surface area contributed by atoms with E-state index in [9.17, 15) is 0 Å². The van der Waals surface area contributed by atoms with Crippen LogP contribution >= 0.6 is 23.2 Å². The summed E-state index contributed by atoms with van der Waals surface area (Å²) in [5.41, 5.74) is 0. The minimum absolute atomic E-state index is 0.818. The summed E-state index contributed by atoms with van der Waals surface area (Å²) < 4.78 is 4.38. The fraction of sp³-hybridized carbons (Fsp3) is 0.250. The van der Waals surface area contributed by atoms with Gasteiger partial charge in [0.15, 0.2) is 0 Å². The zero-order valence-electron chi connectivity index (χ0n) is 11.0. The van der Waals surface area contributed by atoms with Crippen molar-refractivity contribution in [1.29, 1.82) is 0 Å². The molecule has 0 bridgehead atoms. The number of hydrogen-bond acceptors (Lipinski definition) is 0. The molecule has 0 atom stereocenters. The fourth-order valence-electron chi connectivity index (χ4n) is 2.11. The second-order valence-corrected chi connectivity index (χ2v) is 12.9. The molecule has 0 nitrogen and oxygen atoms in total. The Labute approximate surface area is 132 Å². The third kappa shape index (κ3) is 4.40. The van der Waals surface area contributed by atoms with Gasteiger partial charge in [-0.3, -0.25) is 0 Å². The molecule has 19 heavy (non-hydrogen) atoms. The van der Waals surface area contributed by atoms with E-state index in [4.69, 9.17) is 23.2 Å². The Morgan fingerprint density at radius 1 is 0.789 bits per heavy atom. The maximum atomic E-state index is 5.99. The molecule has 2 rings (SSSR count). The molecule has 0 aliphatic carbocycles. The van der Waals surface area contributed by atoms with Gasteiger partial charge in [0.05, 0.1) is 0 Å². The van der Waals surface area contributed by atoms with Crippen molar-refractivity contribution in [3.8, 4) is 0 Å². The van der Waals surface area contributed by atoms with Crippen molar-refractivity contribution < 1.29 is 0 Å². The first kappa shape index (κ1) is 15.2. The second-order valence-electron chi connectivity index (χ2n) is 4.60. The van der Waals surface area contributed by atoms with E-state index in [0.29, 0.717) is 0 Å². The molecule has 0 unspecified atom stereocenters. The van der Waals surface area contributed by atoms with Crippen LogP contribution in [0.3, 0.4) is 0 Å². The van der Waals surface area contributed by atoms with E-state index in [-0.39, 0.29) is 0 Å². The standard InChI is InChI=1S/2C6H4Cl.C4H9.Sn/c2*7-6-4-2-1-3-5-6;1-3-4-2;/h2*2-5H;1,3-4H2,2H3;/q;;;+1. The van der Waals surface area contributed by atoms with Crippen molar-refractivity contribution in [2.24, 2.45) is 0 Å². The average molecular weight is 399 g/mol. The Hall–Kier alpha value is -0.181. The van der Waals surface area contributed by atoms with Crippen LogP contribution in [0.1, 0.15) is 19.8 Å². The van der Waals surface area contributed by atoms with E-state index < -0.39 is 19.8 Å². The summed E-state index contributed by atoms with van der Waals surface area (Å²) in [5, 5.41) is 1.64. The van der Waals surface area contributed by atoms with E-state index in [1.54, 1.807) is 0 Å². The number of unbranched alkanes of at least 4 members (excludes halogenated alkanes) is 1. The monoisotopic (exact) mass is 399 g/mol. The number of benzene rings is 2. The van der Waals surface area contributed by atoms with Crippen molar-refractivity contribution in [2.45, 2.75) is 24.2 Å². The van der Waals surface area contributed by atoms with E-state index >= 15 is 0 Å². The number of halogens is 2. The van der Waals surface area contributed by atoms with E-state index in [1.807, 2.05) is 24.3 Å². The topological polar surface area (TPSA) is 0 Å². The van der Waals surface area contributed by atoms with Crippen LogP contribution in [0.15, 0.2) is 48.5 Å². The number of hydrogen-bond donors (Lipinski definition) is 0. The van der Waals surface area contributed by atoms with Crippen molar-refractivity contribution in [3.05, 3.63) is 58.6 Å². The van der Waals surface area contributed by atoms with Gasteiger partial charge in [-0.15, -0.1) is 0 Å². The average Bonchev–Trinajstić information content (AvgIpc) is 2.43. The first-order valence-corrected chi connectivity index (χ1v) is 12.2. The molecule has 0 aliphatic rings. The summed E-state index contributed by atoms with van der Waals surface area (Å²) in [5.74, 6) is 0. The predicted molar refractivity (Wildman–Crippen MR) is 87.6 cm³/mol. The summed E-state index contributed by atoms with van der Waals surface area (Å²) >= 11 is 10.2. The quantitative estimate of drug-likeness (QED) is 0.655. The van der Waals surface area contributed by atoms with Crippen LogP contribution in [0.25, 0.3) is 0 Å². The fourth-order valence-corrected chi connectivity index (χ4v) is 10.2. The Morgan fingerprint density at radius 3 is 1.58 bits per heavy atom. The number of rotatable bonds is 5. The first-order chi connectivity index (χ1) is 9.20. The van der Waals surface area contributed by atoms with Gasteiger partial charge in [0, 0.05) is 0 Å². The third-order valence-electron chi connectivity index (χ3n) is 3.17. The molecule has 98 valence electrons. The van der Waals surface area contributed by atoms with Gasteiger partial charge in [-0.2, -0.15) is 0 Å². The van der Waals surface area contributed by atoms with Crippen LogP contribution in [-0.2, 0) is 0 Å². The van der Waals surface area contributed by atoms with Crippen molar-refractivity contribution >= 4 is 50.1 Å². The van der Waals surface area contributed by atoms with Crippen molar-refractivity contribution in [3.63, 3.8) is 0 Å². The Morgan fingerprint density at radius 2 is 1.21 bits per heavy atom. The van der Waals surface area contributed by atoms with Crippen LogP contribution in [0.5, 0.6) is 0 Å². The molecule has 0 heterocycles. The molecule has 0 saturated carbocycles. The summed E-state index contributed by atoms with van der Waals surface area (Å²) in [6, 6.07) is 16.9. The molecule has 3 heteroatoms. The van der Waals surface area contributed by atoms with Crippen molar-refractivity contribution in [2.75, 3.05) is 0 Å². The van der Waals surface area contributed by atoms with Crippen molar-refractivity contribution in [1.82, 2.24) is 0 Å². The van der Waals surface area contributed by atoms with Gasteiger partial charge in [0.25, 0.3) is 0 Å². The molecule has 0 saturated heterocycles. The Kier molecular flexibility index (Phi) is 6.05. The normalized spacial score (nSPS) is 10.5. The molecule has 0 radical (unpaired) electrons. The minimum atomic E-state index is -1.77. The molecule has 2 aromatic rings. The Balaban J connectivity index is 2.29. The van der Waals surface area contributed by atoms with Gasteiger partial charge < -0.3 is 0 Å². The van der Waals surface area contributed by atoms with Crippen LogP contribution in [0.2, 0.25) is 14.5 Å². The SMILES string of the molecule is CCC[CH2][Sn+]([c]1ccc(Cl)cc1)[c]1ccc(Cl)cc1. The van der Waals surface area contributed by atoms with E-state index in [2.05, 4.69) is 31.2 Å². The third-order valence-corrected chi connectivity index (χ3v) is 12.0. The zero-order chi connectivity index (χ0) is 13.7. The molecule has 0 aliphatic heterocycles.